The van der Waals surface area contributed by atoms with Gasteiger partial charge in [-0.2, -0.15) is 13.2 Å². The van der Waals surface area contributed by atoms with Crippen molar-refractivity contribution in [3.63, 3.8) is 0 Å². The van der Waals surface area contributed by atoms with Crippen LogP contribution in [0.25, 0.3) is 10.9 Å². The van der Waals surface area contributed by atoms with E-state index in [1.54, 1.807) is 6.92 Å². The number of hydrogen-bond acceptors (Lipinski definition) is 4. The fourth-order valence-corrected chi connectivity index (χ4v) is 3.31. The van der Waals surface area contributed by atoms with E-state index in [1.165, 1.54) is 31.4 Å². The summed E-state index contributed by atoms with van der Waals surface area (Å²) in [7, 11) is 1.41. The number of carbonyl (C=O) groups is 1. The van der Waals surface area contributed by atoms with E-state index in [1.807, 2.05) is 12.8 Å². The molecule has 0 spiro atoms. The van der Waals surface area contributed by atoms with Crippen LogP contribution in [-0.4, -0.2) is 33.4 Å². The van der Waals surface area contributed by atoms with Gasteiger partial charge >= 0.3 is 12.1 Å². The van der Waals surface area contributed by atoms with Crippen LogP contribution in [-0.2, 0) is 17.4 Å². The van der Waals surface area contributed by atoms with E-state index in [-0.39, 0.29) is 28.6 Å². The van der Waals surface area contributed by atoms with Gasteiger partial charge in [-0.3, -0.25) is 4.79 Å². The van der Waals surface area contributed by atoms with Gasteiger partial charge in [-0.05, 0) is 19.3 Å². The summed E-state index contributed by atoms with van der Waals surface area (Å²) < 4.78 is 47.7. The van der Waals surface area contributed by atoms with Gasteiger partial charge in [-0.15, -0.1) is 0 Å². The highest BCUT2D eigenvalue weighted by Gasteiger charge is 2.54. The minimum absolute atomic E-state index is 0.00973. The van der Waals surface area contributed by atoms with Crippen molar-refractivity contribution in [1.29, 1.82) is 0 Å². The number of nitrogens with one attached hydrogen (secondary N) is 1. The summed E-state index contributed by atoms with van der Waals surface area (Å²) in [5.74, 6) is 3.56. The maximum atomic E-state index is 13.8. The molecule has 0 fully saturated rings. The van der Waals surface area contributed by atoms with E-state index >= 15 is 0 Å². The maximum absolute atomic E-state index is 13.8. The molecule has 32 heavy (non-hydrogen) atoms. The van der Waals surface area contributed by atoms with Crippen LogP contribution in [0.3, 0.4) is 0 Å². The summed E-state index contributed by atoms with van der Waals surface area (Å²) in [6.45, 7) is 3.50. The molecule has 6 nitrogen and oxygen atoms in total. The first kappa shape index (κ1) is 23.2. The van der Waals surface area contributed by atoms with Gasteiger partial charge in [0.05, 0.1) is 17.7 Å². The number of benzene rings is 1. The lowest BCUT2D eigenvalue weighted by atomic mass is 9.93. The lowest BCUT2D eigenvalue weighted by Crippen LogP contribution is -2.41. The molecule has 0 amide bonds. The Hall–Kier alpha value is -3.51. The minimum atomic E-state index is -5.10. The Labute approximate surface area is 181 Å². The number of ether oxygens (including phenoxy) is 1. The highest BCUT2D eigenvalue weighted by molar-refractivity contribution is 6.07. The molecule has 2 heterocycles. The largest absolute Gasteiger partial charge is 0.462 e. The normalized spacial score (nSPS) is 13.3. The first-order valence-electron chi connectivity index (χ1n) is 9.78. The zero-order valence-corrected chi connectivity index (χ0v) is 17.6. The zero-order chi connectivity index (χ0) is 23.7. The average Bonchev–Trinajstić information content (AvgIpc) is 3.10. The van der Waals surface area contributed by atoms with Crippen molar-refractivity contribution in [1.82, 2.24) is 9.55 Å². The molecule has 3 rings (SSSR count). The minimum Gasteiger partial charge on any atom is -0.462 e. The number of aromatic nitrogens is 2. The van der Waals surface area contributed by atoms with Crippen LogP contribution in [0.2, 0.25) is 0 Å². The molecule has 1 atom stereocenters. The third kappa shape index (κ3) is 4.01. The van der Waals surface area contributed by atoms with Crippen LogP contribution < -0.4 is 5.56 Å². The molecule has 0 aliphatic carbocycles. The van der Waals surface area contributed by atoms with E-state index < -0.39 is 28.9 Å². The Morgan fingerprint density at radius 3 is 2.50 bits per heavy atom. The van der Waals surface area contributed by atoms with Gasteiger partial charge in [0.15, 0.2) is 0 Å². The number of halogens is 3. The summed E-state index contributed by atoms with van der Waals surface area (Å²) in [6, 6.07) is 6.46. The lowest BCUT2D eigenvalue weighted by molar-refractivity contribution is -0.240. The second-order valence-electron chi connectivity index (χ2n) is 7.29. The molecule has 9 heteroatoms. The van der Waals surface area contributed by atoms with Gasteiger partial charge in [0, 0.05) is 29.9 Å². The molecular formula is C23H21F3N2O4. The molecule has 0 aliphatic heterocycles. The Morgan fingerprint density at radius 1 is 1.25 bits per heavy atom. The average molecular weight is 446 g/mol. The Morgan fingerprint density at radius 2 is 1.91 bits per heavy atom. The summed E-state index contributed by atoms with van der Waals surface area (Å²) >= 11 is 0. The Balaban J connectivity index is 2.29. The van der Waals surface area contributed by atoms with Crippen molar-refractivity contribution < 1.29 is 27.8 Å². The highest BCUT2D eigenvalue weighted by Crippen LogP contribution is 2.38. The standard InChI is InChI=1S/C23H21F3N2O4/c1-4-12-32-21(30)17-14(2)27-19-18(17)15(13-28(3)20(19)29)10-11-22(31,23(24,25)26)16-8-6-5-7-9-16/h5-9,13,27,31H,4,12H2,1-3H3. The number of nitrogens with zero attached hydrogens (tertiary/aromatic N) is 1. The molecule has 0 radical (unpaired) electrons. The van der Waals surface area contributed by atoms with Gasteiger partial charge < -0.3 is 19.4 Å². The van der Waals surface area contributed by atoms with Crippen molar-refractivity contribution in [3.8, 4) is 11.8 Å². The molecule has 0 saturated carbocycles. The fourth-order valence-electron chi connectivity index (χ4n) is 3.31. The third-order valence-corrected chi connectivity index (χ3v) is 4.94. The van der Waals surface area contributed by atoms with Gasteiger partial charge in [0.2, 0.25) is 5.60 Å². The highest BCUT2D eigenvalue weighted by atomic mass is 19.4. The van der Waals surface area contributed by atoms with Crippen LogP contribution in [0.4, 0.5) is 13.2 Å². The molecule has 0 aliphatic rings. The number of fused-ring (bicyclic) bond motifs is 1. The number of aryl methyl sites for hydroxylation is 2. The first-order chi connectivity index (χ1) is 15.0. The predicted octanol–water partition coefficient (Wildman–Crippen LogP) is 3.54. The molecular weight excluding hydrogens is 425 g/mol. The van der Waals surface area contributed by atoms with Crippen LogP contribution in [0.1, 0.15) is 40.5 Å². The molecule has 2 aromatic heterocycles. The number of H-pyrrole nitrogens is 1. The number of esters is 1. The monoisotopic (exact) mass is 446 g/mol. The van der Waals surface area contributed by atoms with Gasteiger partial charge in [-0.25, -0.2) is 4.79 Å². The Bertz CT molecular complexity index is 1280. The molecule has 2 N–H and O–H groups in total. The van der Waals surface area contributed by atoms with Crippen molar-refractivity contribution in [2.75, 3.05) is 6.61 Å². The van der Waals surface area contributed by atoms with E-state index in [4.69, 9.17) is 4.74 Å². The molecule has 3 aromatic rings. The third-order valence-electron chi connectivity index (χ3n) is 4.94. The summed E-state index contributed by atoms with van der Waals surface area (Å²) in [5, 5.41) is 10.6. The maximum Gasteiger partial charge on any atom is 0.433 e. The summed E-state index contributed by atoms with van der Waals surface area (Å²) in [4.78, 5) is 28.0. The topological polar surface area (TPSA) is 84.3 Å². The van der Waals surface area contributed by atoms with Crippen molar-refractivity contribution in [3.05, 3.63) is 69.3 Å². The molecule has 168 valence electrons. The number of hydrogen-bond donors (Lipinski definition) is 2. The van der Waals surface area contributed by atoms with Crippen molar-refractivity contribution >= 4 is 16.9 Å². The van der Waals surface area contributed by atoms with E-state index in [2.05, 4.69) is 10.9 Å². The quantitative estimate of drug-likeness (QED) is 0.474. The number of pyridine rings is 1. The number of aliphatic hydroxyl groups is 1. The smallest absolute Gasteiger partial charge is 0.433 e. The Kier molecular flexibility index (Phi) is 6.19. The molecule has 0 saturated heterocycles. The lowest BCUT2D eigenvalue weighted by Gasteiger charge is -2.25. The molecule has 1 unspecified atom stereocenters. The summed E-state index contributed by atoms with van der Waals surface area (Å²) in [6.07, 6.45) is -3.31. The van der Waals surface area contributed by atoms with Crippen molar-refractivity contribution in [2.45, 2.75) is 32.0 Å². The SMILES string of the molecule is CCCOC(=O)c1c(C)[nH]c2c(=O)n(C)cc(C#CC(O)(c3ccccc3)C(F)(F)F)c12. The second kappa shape index (κ2) is 8.55. The molecule has 1 aromatic carbocycles. The zero-order valence-electron chi connectivity index (χ0n) is 17.6. The van der Waals surface area contributed by atoms with E-state index in [0.717, 1.165) is 16.7 Å². The summed E-state index contributed by atoms with van der Waals surface area (Å²) in [5.41, 5.74) is -4.08. The van der Waals surface area contributed by atoms with Crippen LogP contribution in [0.15, 0.2) is 41.3 Å². The fraction of sp³-hybridized carbons (Fsp3) is 0.304. The number of alkyl halides is 3. The van der Waals surface area contributed by atoms with Crippen molar-refractivity contribution in [2.24, 2.45) is 7.05 Å². The first-order valence-corrected chi connectivity index (χ1v) is 9.78. The predicted molar refractivity (Wildman–Crippen MR) is 112 cm³/mol. The van der Waals surface area contributed by atoms with Crippen LogP contribution in [0, 0.1) is 18.8 Å². The number of carbonyl (C=O) groups excluding carboxylic acids is 1. The van der Waals surface area contributed by atoms with Crippen LogP contribution in [0.5, 0.6) is 0 Å². The molecule has 0 bridgehead atoms. The second-order valence-corrected chi connectivity index (χ2v) is 7.29. The number of aromatic amines is 1. The van der Waals surface area contributed by atoms with Gasteiger partial charge in [0.1, 0.15) is 5.52 Å². The van der Waals surface area contributed by atoms with E-state index in [9.17, 15) is 27.9 Å². The van der Waals surface area contributed by atoms with Crippen LogP contribution >= 0.6 is 0 Å². The van der Waals surface area contributed by atoms with E-state index in [0.29, 0.717) is 12.1 Å². The number of rotatable bonds is 4. The van der Waals surface area contributed by atoms with Gasteiger partial charge in [-0.1, -0.05) is 43.2 Å². The van der Waals surface area contributed by atoms with Gasteiger partial charge in [0.25, 0.3) is 5.56 Å².